The average Bonchev–Trinajstić information content (AvgIpc) is 2.42. The van der Waals surface area contributed by atoms with Crippen molar-refractivity contribution < 1.29 is 5.11 Å². The minimum atomic E-state index is -0.404. The van der Waals surface area contributed by atoms with Crippen LogP contribution in [0, 0.1) is 17.2 Å². The van der Waals surface area contributed by atoms with E-state index in [1.807, 2.05) is 30.3 Å². The minimum absolute atomic E-state index is 0.404. The van der Waals surface area contributed by atoms with Crippen LogP contribution in [0.2, 0.25) is 0 Å². The first-order valence-electron chi connectivity index (χ1n) is 6.62. The van der Waals surface area contributed by atoms with Gasteiger partial charge in [-0.3, -0.25) is 0 Å². The molecule has 1 N–H and O–H groups in total. The molecule has 3 heteroatoms. The third kappa shape index (κ3) is 3.56. The number of nitriles is 1. The summed E-state index contributed by atoms with van der Waals surface area (Å²) in [6.07, 6.45) is 2.43. The molecule has 2 rings (SSSR count). The Labute approximate surface area is 109 Å². The molecule has 1 aliphatic rings. The molecule has 0 radical (unpaired) electrons. The summed E-state index contributed by atoms with van der Waals surface area (Å²) >= 11 is 0. The van der Waals surface area contributed by atoms with Gasteiger partial charge >= 0.3 is 0 Å². The van der Waals surface area contributed by atoms with Crippen molar-refractivity contribution >= 4 is 0 Å². The SMILES string of the molecule is N#CCC1CCN(CC(O)c2ccccc2)CC1. The van der Waals surface area contributed by atoms with E-state index in [9.17, 15) is 5.11 Å². The molecule has 0 aromatic heterocycles. The largest absolute Gasteiger partial charge is 0.387 e. The van der Waals surface area contributed by atoms with E-state index in [0.717, 1.165) is 31.5 Å². The molecule has 1 fully saturated rings. The predicted molar refractivity (Wildman–Crippen MR) is 70.8 cm³/mol. The maximum absolute atomic E-state index is 10.1. The molecule has 1 unspecified atom stereocenters. The summed E-state index contributed by atoms with van der Waals surface area (Å²) in [6, 6.07) is 12.1. The minimum Gasteiger partial charge on any atom is -0.387 e. The molecule has 0 amide bonds. The fourth-order valence-electron chi connectivity index (χ4n) is 2.53. The van der Waals surface area contributed by atoms with Gasteiger partial charge in [0.25, 0.3) is 0 Å². The first-order chi connectivity index (χ1) is 8.79. The van der Waals surface area contributed by atoms with Crippen molar-refractivity contribution in [1.29, 1.82) is 5.26 Å². The van der Waals surface area contributed by atoms with Gasteiger partial charge in [0.1, 0.15) is 0 Å². The number of hydrogen-bond acceptors (Lipinski definition) is 3. The highest BCUT2D eigenvalue weighted by Gasteiger charge is 2.21. The summed E-state index contributed by atoms with van der Waals surface area (Å²) < 4.78 is 0. The molecule has 1 aliphatic heterocycles. The van der Waals surface area contributed by atoms with E-state index < -0.39 is 6.10 Å². The second-order valence-corrected chi connectivity index (χ2v) is 5.03. The van der Waals surface area contributed by atoms with Gasteiger partial charge in [0.2, 0.25) is 0 Å². The van der Waals surface area contributed by atoms with Crippen LogP contribution in [0.15, 0.2) is 30.3 Å². The highest BCUT2D eigenvalue weighted by Crippen LogP contribution is 2.22. The number of aliphatic hydroxyl groups is 1. The standard InChI is InChI=1S/C15H20N2O/c16-9-6-13-7-10-17(11-8-13)12-15(18)14-4-2-1-3-5-14/h1-5,13,15,18H,6-8,10-12H2. The van der Waals surface area contributed by atoms with Crippen molar-refractivity contribution in [3.8, 4) is 6.07 Å². The molecule has 0 saturated carbocycles. The normalized spacial score (nSPS) is 19.3. The van der Waals surface area contributed by atoms with E-state index in [-0.39, 0.29) is 0 Å². The van der Waals surface area contributed by atoms with Gasteiger partial charge in [-0.25, -0.2) is 0 Å². The zero-order valence-electron chi connectivity index (χ0n) is 10.6. The second-order valence-electron chi connectivity index (χ2n) is 5.03. The number of nitrogens with zero attached hydrogens (tertiary/aromatic N) is 2. The van der Waals surface area contributed by atoms with Crippen LogP contribution in [0.1, 0.15) is 30.9 Å². The number of hydrogen-bond donors (Lipinski definition) is 1. The lowest BCUT2D eigenvalue weighted by Crippen LogP contribution is -2.36. The molecule has 1 aromatic rings. The first-order valence-corrected chi connectivity index (χ1v) is 6.62. The lowest BCUT2D eigenvalue weighted by atomic mass is 9.94. The fourth-order valence-corrected chi connectivity index (χ4v) is 2.53. The molecular formula is C15H20N2O. The van der Waals surface area contributed by atoms with Crippen molar-refractivity contribution in [3.05, 3.63) is 35.9 Å². The Kier molecular flexibility index (Phi) is 4.74. The molecular weight excluding hydrogens is 224 g/mol. The molecule has 0 aliphatic carbocycles. The molecule has 1 aromatic carbocycles. The van der Waals surface area contributed by atoms with Crippen LogP contribution in [0.25, 0.3) is 0 Å². The average molecular weight is 244 g/mol. The summed E-state index contributed by atoms with van der Waals surface area (Å²) in [7, 11) is 0. The van der Waals surface area contributed by atoms with Crippen LogP contribution in [0.3, 0.4) is 0 Å². The monoisotopic (exact) mass is 244 g/mol. The van der Waals surface area contributed by atoms with Crippen LogP contribution in [0.5, 0.6) is 0 Å². The van der Waals surface area contributed by atoms with Gasteiger partial charge in [0, 0.05) is 13.0 Å². The quantitative estimate of drug-likeness (QED) is 0.884. The van der Waals surface area contributed by atoms with E-state index in [1.165, 1.54) is 0 Å². The lowest BCUT2D eigenvalue weighted by molar-refractivity contribution is 0.0899. The van der Waals surface area contributed by atoms with Crippen LogP contribution < -0.4 is 0 Å². The smallest absolute Gasteiger partial charge is 0.0916 e. The Morgan fingerprint density at radius 1 is 1.28 bits per heavy atom. The van der Waals surface area contributed by atoms with Gasteiger partial charge < -0.3 is 10.0 Å². The highest BCUT2D eigenvalue weighted by atomic mass is 16.3. The van der Waals surface area contributed by atoms with Gasteiger partial charge in [-0.05, 0) is 37.4 Å². The topological polar surface area (TPSA) is 47.3 Å². The molecule has 0 bridgehead atoms. The van der Waals surface area contributed by atoms with Crippen molar-refractivity contribution in [3.63, 3.8) is 0 Å². The Morgan fingerprint density at radius 2 is 1.94 bits per heavy atom. The predicted octanol–water partition coefficient (Wildman–Crippen LogP) is 2.35. The van der Waals surface area contributed by atoms with Crippen molar-refractivity contribution in [2.75, 3.05) is 19.6 Å². The molecule has 18 heavy (non-hydrogen) atoms. The van der Waals surface area contributed by atoms with Crippen LogP contribution in [0.4, 0.5) is 0 Å². The zero-order valence-corrected chi connectivity index (χ0v) is 10.6. The van der Waals surface area contributed by atoms with Crippen molar-refractivity contribution in [1.82, 2.24) is 4.90 Å². The number of likely N-dealkylation sites (tertiary alicyclic amines) is 1. The Balaban J connectivity index is 1.80. The van der Waals surface area contributed by atoms with Crippen LogP contribution in [-0.4, -0.2) is 29.6 Å². The van der Waals surface area contributed by atoms with Crippen molar-refractivity contribution in [2.24, 2.45) is 5.92 Å². The Hall–Kier alpha value is -1.37. The molecule has 1 heterocycles. The van der Waals surface area contributed by atoms with E-state index in [4.69, 9.17) is 5.26 Å². The van der Waals surface area contributed by atoms with Crippen molar-refractivity contribution in [2.45, 2.75) is 25.4 Å². The van der Waals surface area contributed by atoms with Gasteiger partial charge in [-0.1, -0.05) is 30.3 Å². The summed E-state index contributed by atoms with van der Waals surface area (Å²) in [5.41, 5.74) is 0.983. The molecule has 96 valence electrons. The summed E-state index contributed by atoms with van der Waals surface area (Å²) in [6.45, 7) is 2.69. The number of aliphatic hydroxyl groups excluding tert-OH is 1. The molecule has 0 spiro atoms. The Bertz CT molecular complexity index is 391. The Morgan fingerprint density at radius 3 is 2.56 bits per heavy atom. The number of piperidine rings is 1. The van der Waals surface area contributed by atoms with E-state index in [1.54, 1.807) is 0 Å². The first kappa shape index (κ1) is 13.1. The van der Waals surface area contributed by atoms with Gasteiger partial charge in [0.05, 0.1) is 12.2 Å². The highest BCUT2D eigenvalue weighted by molar-refractivity contribution is 5.17. The third-order valence-electron chi connectivity index (χ3n) is 3.70. The number of benzene rings is 1. The maximum atomic E-state index is 10.1. The third-order valence-corrected chi connectivity index (χ3v) is 3.70. The molecule has 1 atom stereocenters. The number of β-amino-alcohol motifs (C(OH)–C–C–N with tert-alkyl or cyclic N) is 1. The van der Waals surface area contributed by atoms with Crippen LogP contribution in [-0.2, 0) is 0 Å². The summed E-state index contributed by atoms with van der Waals surface area (Å²) in [5.74, 6) is 0.556. The number of rotatable bonds is 4. The van der Waals surface area contributed by atoms with Gasteiger partial charge in [-0.2, -0.15) is 5.26 Å². The summed E-state index contributed by atoms with van der Waals surface area (Å²) in [4.78, 5) is 2.30. The fraction of sp³-hybridized carbons (Fsp3) is 0.533. The van der Waals surface area contributed by atoms with E-state index >= 15 is 0 Å². The second kappa shape index (κ2) is 6.53. The summed E-state index contributed by atoms with van der Waals surface area (Å²) in [5, 5.41) is 18.8. The molecule has 3 nitrogen and oxygen atoms in total. The van der Waals surface area contributed by atoms with Gasteiger partial charge in [0.15, 0.2) is 0 Å². The maximum Gasteiger partial charge on any atom is 0.0916 e. The molecule has 1 saturated heterocycles. The van der Waals surface area contributed by atoms with E-state index in [0.29, 0.717) is 18.9 Å². The van der Waals surface area contributed by atoms with Crippen LogP contribution >= 0.6 is 0 Å². The van der Waals surface area contributed by atoms with E-state index in [2.05, 4.69) is 11.0 Å². The van der Waals surface area contributed by atoms with Gasteiger partial charge in [-0.15, -0.1) is 0 Å². The lowest BCUT2D eigenvalue weighted by Gasteiger charge is -2.32. The zero-order chi connectivity index (χ0) is 12.8.